The van der Waals surface area contributed by atoms with Crippen LogP contribution in [0, 0.1) is 11.3 Å². The quantitative estimate of drug-likeness (QED) is 0.770. The van der Waals surface area contributed by atoms with Crippen LogP contribution in [0.15, 0.2) is 0 Å². The van der Waals surface area contributed by atoms with Crippen molar-refractivity contribution < 1.29 is 4.79 Å². The first kappa shape index (κ1) is 12.9. The van der Waals surface area contributed by atoms with Gasteiger partial charge in [0.1, 0.15) is 0 Å². The summed E-state index contributed by atoms with van der Waals surface area (Å²) in [5.41, 5.74) is 0.456. The zero-order chi connectivity index (χ0) is 12.1. The Morgan fingerprint density at radius 2 is 2.06 bits per heavy atom. The van der Waals surface area contributed by atoms with Crippen LogP contribution in [0.1, 0.15) is 51.9 Å². The predicted octanol–water partition coefficient (Wildman–Crippen LogP) is 2.07. The molecule has 1 saturated carbocycles. The normalized spacial score (nSPS) is 24.1. The van der Waals surface area contributed by atoms with Crippen molar-refractivity contribution in [3.8, 4) is 0 Å². The summed E-state index contributed by atoms with van der Waals surface area (Å²) in [6.45, 7) is 5.16. The van der Waals surface area contributed by atoms with E-state index in [0.29, 0.717) is 11.3 Å². The molecule has 17 heavy (non-hydrogen) atoms. The Bertz CT molecular complexity index is 255. The molecule has 1 amide bonds. The molecule has 1 aliphatic carbocycles. The summed E-state index contributed by atoms with van der Waals surface area (Å²) in [6.07, 6.45) is 8.51. The van der Waals surface area contributed by atoms with Gasteiger partial charge in [0.2, 0.25) is 5.91 Å². The van der Waals surface area contributed by atoms with Crippen LogP contribution < -0.4 is 10.6 Å². The van der Waals surface area contributed by atoms with Gasteiger partial charge in [-0.15, -0.1) is 0 Å². The van der Waals surface area contributed by atoms with E-state index < -0.39 is 0 Å². The van der Waals surface area contributed by atoms with Crippen molar-refractivity contribution in [1.82, 2.24) is 10.6 Å². The second-order valence-electron chi connectivity index (χ2n) is 5.85. The minimum atomic E-state index is 0.259. The number of hydrogen-bond acceptors (Lipinski definition) is 2. The van der Waals surface area contributed by atoms with Gasteiger partial charge in [-0.25, -0.2) is 0 Å². The van der Waals surface area contributed by atoms with Crippen molar-refractivity contribution in [2.75, 3.05) is 19.6 Å². The van der Waals surface area contributed by atoms with Gasteiger partial charge in [0.15, 0.2) is 0 Å². The number of amides is 1. The number of carbonyl (C=O) groups excluding carboxylic acids is 1. The van der Waals surface area contributed by atoms with Gasteiger partial charge in [0.05, 0.1) is 0 Å². The van der Waals surface area contributed by atoms with Gasteiger partial charge in [-0.3, -0.25) is 4.79 Å². The van der Waals surface area contributed by atoms with Gasteiger partial charge in [0.25, 0.3) is 0 Å². The van der Waals surface area contributed by atoms with Crippen LogP contribution in [0.5, 0.6) is 0 Å². The molecule has 2 fully saturated rings. The Morgan fingerprint density at radius 3 is 2.59 bits per heavy atom. The molecular formula is C14H26N2O. The van der Waals surface area contributed by atoms with Gasteiger partial charge < -0.3 is 10.6 Å². The average Bonchev–Trinajstić information content (AvgIpc) is 2.33. The molecule has 0 spiro atoms. The van der Waals surface area contributed by atoms with E-state index >= 15 is 0 Å². The summed E-state index contributed by atoms with van der Waals surface area (Å²) in [6, 6.07) is 0. The maximum absolute atomic E-state index is 12.1. The molecular weight excluding hydrogens is 212 g/mol. The Balaban J connectivity index is 1.74. The molecule has 0 radical (unpaired) electrons. The number of hydrogen-bond donors (Lipinski definition) is 2. The lowest BCUT2D eigenvalue weighted by Gasteiger charge is -2.42. The van der Waals surface area contributed by atoms with Gasteiger partial charge in [-0.2, -0.15) is 0 Å². The van der Waals surface area contributed by atoms with Crippen LogP contribution in [-0.2, 0) is 4.79 Å². The Labute approximate surface area is 105 Å². The molecule has 0 aromatic rings. The fourth-order valence-electron chi connectivity index (χ4n) is 3.23. The highest BCUT2D eigenvalue weighted by Gasteiger charge is 2.36. The first-order valence-electron chi connectivity index (χ1n) is 7.24. The second kappa shape index (κ2) is 5.85. The Hall–Kier alpha value is -0.570. The molecule has 3 nitrogen and oxygen atoms in total. The lowest BCUT2D eigenvalue weighted by Crippen LogP contribution is -2.45. The van der Waals surface area contributed by atoms with Crippen LogP contribution in [0.3, 0.4) is 0 Å². The third-order valence-corrected chi connectivity index (χ3v) is 4.54. The molecule has 98 valence electrons. The number of nitrogens with one attached hydrogen (secondary N) is 2. The molecule has 0 unspecified atom stereocenters. The highest BCUT2D eigenvalue weighted by molar-refractivity contribution is 5.78. The maximum atomic E-state index is 12.1. The van der Waals surface area contributed by atoms with Crippen LogP contribution in [0.4, 0.5) is 0 Å². The second-order valence-corrected chi connectivity index (χ2v) is 5.85. The molecule has 3 heteroatoms. The van der Waals surface area contributed by atoms with E-state index in [2.05, 4.69) is 17.6 Å². The fraction of sp³-hybridized carbons (Fsp3) is 0.929. The van der Waals surface area contributed by atoms with Crippen LogP contribution in [-0.4, -0.2) is 25.5 Å². The van der Waals surface area contributed by atoms with E-state index in [4.69, 9.17) is 0 Å². The summed E-state index contributed by atoms with van der Waals surface area (Å²) in [5, 5.41) is 6.52. The Morgan fingerprint density at radius 1 is 1.35 bits per heavy atom. The molecule has 1 saturated heterocycles. The van der Waals surface area contributed by atoms with Crippen molar-refractivity contribution in [1.29, 1.82) is 0 Å². The summed E-state index contributed by atoms with van der Waals surface area (Å²) < 4.78 is 0. The first-order chi connectivity index (χ1) is 8.26. The molecule has 1 heterocycles. The number of rotatable bonds is 5. The van der Waals surface area contributed by atoms with Crippen molar-refractivity contribution in [3.63, 3.8) is 0 Å². The monoisotopic (exact) mass is 238 g/mol. The molecule has 0 aromatic carbocycles. The third-order valence-electron chi connectivity index (χ3n) is 4.54. The lowest BCUT2D eigenvalue weighted by molar-refractivity contribution is -0.126. The zero-order valence-electron chi connectivity index (χ0n) is 11.1. The zero-order valence-corrected chi connectivity index (χ0v) is 11.1. The SMILES string of the molecule is CCCC1(CNC(=O)C2CCNCC2)CCC1. The topological polar surface area (TPSA) is 41.1 Å². The summed E-state index contributed by atoms with van der Waals surface area (Å²) in [7, 11) is 0. The van der Waals surface area contributed by atoms with E-state index in [1.807, 2.05) is 0 Å². The first-order valence-corrected chi connectivity index (χ1v) is 7.24. The molecule has 1 aliphatic heterocycles. The van der Waals surface area contributed by atoms with E-state index in [9.17, 15) is 4.79 Å². The number of carbonyl (C=O) groups is 1. The van der Waals surface area contributed by atoms with E-state index in [1.165, 1.54) is 32.1 Å². The average molecular weight is 238 g/mol. The highest BCUT2D eigenvalue weighted by atomic mass is 16.1. The van der Waals surface area contributed by atoms with Gasteiger partial charge in [0, 0.05) is 12.5 Å². The third kappa shape index (κ3) is 3.21. The largest absolute Gasteiger partial charge is 0.355 e. The molecule has 0 atom stereocenters. The summed E-state index contributed by atoms with van der Waals surface area (Å²) >= 11 is 0. The molecule has 0 bridgehead atoms. The highest BCUT2D eigenvalue weighted by Crippen LogP contribution is 2.44. The maximum Gasteiger partial charge on any atom is 0.223 e. The van der Waals surface area contributed by atoms with E-state index in [0.717, 1.165) is 32.5 Å². The van der Waals surface area contributed by atoms with Crippen LogP contribution >= 0.6 is 0 Å². The van der Waals surface area contributed by atoms with Gasteiger partial charge >= 0.3 is 0 Å². The summed E-state index contributed by atoms with van der Waals surface area (Å²) in [5.74, 6) is 0.559. The summed E-state index contributed by atoms with van der Waals surface area (Å²) in [4.78, 5) is 12.1. The number of piperidine rings is 1. The smallest absolute Gasteiger partial charge is 0.223 e. The predicted molar refractivity (Wildman–Crippen MR) is 69.8 cm³/mol. The molecule has 0 aromatic heterocycles. The lowest BCUT2D eigenvalue weighted by atomic mass is 9.66. The van der Waals surface area contributed by atoms with Crippen molar-refractivity contribution >= 4 is 5.91 Å². The van der Waals surface area contributed by atoms with Gasteiger partial charge in [-0.05, 0) is 50.6 Å². The standard InChI is InChI=1S/C14H26N2O/c1-2-6-14(7-3-8-14)11-16-13(17)12-4-9-15-10-5-12/h12,15H,2-11H2,1H3,(H,16,17). The fourth-order valence-corrected chi connectivity index (χ4v) is 3.23. The van der Waals surface area contributed by atoms with Crippen LogP contribution in [0.2, 0.25) is 0 Å². The van der Waals surface area contributed by atoms with Gasteiger partial charge in [-0.1, -0.05) is 19.8 Å². The molecule has 2 aliphatic rings. The Kier molecular flexibility index (Phi) is 4.43. The van der Waals surface area contributed by atoms with Crippen molar-refractivity contribution in [3.05, 3.63) is 0 Å². The molecule has 2 rings (SSSR count). The minimum absolute atomic E-state index is 0.259. The van der Waals surface area contributed by atoms with E-state index in [-0.39, 0.29) is 5.92 Å². The van der Waals surface area contributed by atoms with Crippen molar-refractivity contribution in [2.24, 2.45) is 11.3 Å². The van der Waals surface area contributed by atoms with Crippen LogP contribution in [0.25, 0.3) is 0 Å². The van der Waals surface area contributed by atoms with E-state index in [1.54, 1.807) is 0 Å². The van der Waals surface area contributed by atoms with Crippen molar-refractivity contribution in [2.45, 2.75) is 51.9 Å². The molecule has 2 N–H and O–H groups in total. The minimum Gasteiger partial charge on any atom is -0.355 e.